The summed E-state index contributed by atoms with van der Waals surface area (Å²) in [7, 11) is -3.16. The lowest BCUT2D eigenvalue weighted by Crippen LogP contribution is -2.06. The van der Waals surface area contributed by atoms with Crippen LogP contribution in [-0.2, 0) is 9.84 Å². The molecule has 0 N–H and O–H groups in total. The van der Waals surface area contributed by atoms with Crippen LogP contribution in [0.1, 0.15) is 13.8 Å². The quantitative estimate of drug-likeness (QED) is 0.703. The molecule has 0 aromatic heterocycles. The fourth-order valence-electron chi connectivity index (χ4n) is 0.835. The van der Waals surface area contributed by atoms with Gasteiger partial charge in [-0.2, -0.15) is 0 Å². The number of benzene rings is 1. The first-order valence-corrected chi connectivity index (χ1v) is 5.14. The van der Waals surface area contributed by atoms with Crippen molar-refractivity contribution in [3.63, 3.8) is 0 Å². The Labute approximate surface area is 73.2 Å². The summed E-state index contributed by atoms with van der Waals surface area (Å²) in [6.07, 6.45) is 0. The van der Waals surface area contributed by atoms with Gasteiger partial charge in [0, 0.05) is 0 Å². The molecule has 1 aromatic carbocycles. The summed E-state index contributed by atoms with van der Waals surface area (Å²) in [6.45, 7) is 3.20. The second-order valence-electron chi connectivity index (χ2n) is 2.72. The summed E-state index contributed by atoms with van der Waals surface area (Å²) >= 11 is 0. The maximum absolute atomic E-state index is 11.5. The smallest absolute Gasteiger partial charge is 0.185 e. The Morgan fingerprint density at radius 2 is 1.58 bits per heavy atom. The molecule has 0 atom stereocenters. The van der Waals surface area contributed by atoms with Crippen molar-refractivity contribution in [2.45, 2.75) is 18.7 Å². The van der Waals surface area contributed by atoms with Crippen LogP contribution in [0.5, 0.6) is 0 Å². The molecule has 12 heavy (non-hydrogen) atoms. The zero-order valence-corrected chi connectivity index (χ0v) is 7.93. The lowest BCUT2D eigenvalue weighted by Gasteiger charge is -2.05. The Morgan fingerprint density at radius 1 is 1.08 bits per heavy atom. The molecule has 0 aliphatic heterocycles. The fourth-order valence-corrected chi connectivity index (χ4v) is 1.82. The predicted octanol–water partition coefficient (Wildman–Crippen LogP) is 2.03. The monoisotopic (exact) mass is 183 g/mol. The van der Waals surface area contributed by atoms with E-state index in [1.165, 1.54) is 0 Å². The van der Waals surface area contributed by atoms with Crippen molar-refractivity contribution in [2.24, 2.45) is 0 Å². The van der Waals surface area contributed by atoms with E-state index in [-0.39, 0.29) is 0 Å². The topological polar surface area (TPSA) is 34.1 Å². The van der Waals surface area contributed by atoms with Crippen LogP contribution in [0, 0.1) is 5.25 Å². The Kier molecular flexibility index (Phi) is 2.52. The highest BCUT2D eigenvalue weighted by molar-refractivity contribution is 7.94. The molecule has 0 aliphatic rings. The second-order valence-corrected chi connectivity index (χ2v) is 5.02. The molecule has 0 saturated carbocycles. The van der Waals surface area contributed by atoms with E-state index in [2.05, 4.69) is 0 Å². The van der Waals surface area contributed by atoms with Gasteiger partial charge in [0.2, 0.25) is 0 Å². The van der Waals surface area contributed by atoms with E-state index in [9.17, 15) is 8.42 Å². The van der Waals surface area contributed by atoms with Gasteiger partial charge in [-0.3, -0.25) is 0 Å². The summed E-state index contributed by atoms with van der Waals surface area (Å²) in [5.41, 5.74) is 0. The van der Waals surface area contributed by atoms with Gasteiger partial charge in [-0.05, 0) is 26.0 Å². The van der Waals surface area contributed by atoms with Crippen molar-refractivity contribution in [2.75, 3.05) is 0 Å². The number of rotatable bonds is 2. The van der Waals surface area contributed by atoms with Crippen LogP contribution in [-0.4, -0.2) is 8.42 Å². The Hall–Kier alpha value is -0.830. The third kappa shape index (κ3) is 1.67. The van der Waals surface area contributed by atoms with Gasteiger partial charge in [-0.15, -0.1) is 0 Å². The Morgan fingerprint density at radius 3 is 2.00 bits per heavy atom. The van der Waals surface area contributed by atoms with E-state index < -0.39 is 9.84 Å². The molecule has 0 bridgehead atoms. The molecule has 1 aromatic rings. The summed E-state index contributed by atoms with van der Waals surface area (Å²) in [5.74, 6) is 0. The van der Waals surface area contributed by atoms with Gasteiger partial charge in [-0.1, -0.05) is 18.2 Å². The van der Waals surface area contributed by atoms with Gasteiger partial charge in [-0.25, -0.2) is 8.42 Å². The van der Waals surface area contributed by atoms with E-state index >= 15 is 0 Å². The van der Waals surface area contributed by atoms with Gasteiger partial charge in [0.15, 0.2) is 9.84 Å². The Bertz CT molecular complexity index is 338. The van der Waals surface area contributed by atoms with E-state index in [4.69, 9.17) is 0 Å². The molecule has 1 radical (unpaired) electrons. The van der Waals surface area contributed by atoms with Crippen molar-refractivity contribution >= 4 is 9.84 Å². The largest absolute Gasteiger partial charge is 0.223 e. The molecule has 65 valence electrons. The van der Waals surface area contributed by atoms with E-state index in [0.29, 0.717) is 10.1 Å². The number of hydrogen-bond acceptors (Lipinski definition) is 2. The second kappa shape index (κ2) is 3.27. The molecule has 0 amide bonds. The molecule has 1 rings (SSSR count). The van der Waals surface area contributed by atoms with E-state index in [1.807, 2.05) is 0 Å². The highest BCUT2D eigenvalue weighted by Crippen LogP contribution is 2.19. The molecule has 0 heterocycles. The maximum atomic E-state index is 11.5. The fraction of sp³-hybridized carbons (Fsp3) is 0.222. The van der Waals surface area contributed by atoms with Gasteiger partial charge in [0.1, 0.15) is 0 Å². The highest BCUT2D eigenvalue weighted by Gasteiger charge is 2.18. The van der Waals surface area contributed by atoms with Crippen molar-refractivity contribution in [1.82, 2.24) is 0 Å². The predicted molar refractivity (Wildman–Crippen MR) is 48.2 cm³/mol. The van der Waals surface area contributed by atoms with E-state index in [0.717, 1.165) is 0 Å². The third-order valence-electron chi connectivity index (χ3n) is 1.59. The van der Waals surface area contributed by atoms with Gasteiger partial charge >= 0.3 is 0 Å². The average molecular weight is 183 g/mol. The molecule has 0 saturated heterocycles. The van der Waals surface area contributed by atoms with Crippen LogP contribution in [0.3, 0.4) is 0 Å². The minimum atomic E-state index is -3.16. The van der Waals surface area contributed by atoms with Crippen LogP contribution in [0.15, 0.2) is 35.2 Å². The van der Waals surface area contributed by atoms with Crippen molar-refractivity contribution in [3.05, 3.63) is 35.6 Å². The molecule has 2 nitrogen and oxygen atoms in total. The SMILES string of the molecule is C[C](C)S(=O)(=O)c1ccccc1. The lowest BCUT2D eigenvalue weighted by atomic mass is 10.4. The molecular weight excluding hydrogens is 172 g/mol. The van der Waals surface area contributed by atoms with Crippen LogP contribution < -0.4 is 0 Å². The van der Waals surface area contributed by atoms with Crippen LogP contribution in [0.4, 0.5) is 0 Å². The molecule has 0 unspecified atom stereocenters. The molecule has 3 heteroatoms. The third-order valence-corrected chi connectivity index (χ3v) is 3.56. The van der Waals surface area contributed by atoms with Crippen molar-refractivity contribution < 1.29 is 8.42 Å². The summed E-state index contributed by atoms with van der Waals surface area (Å²) in [6, 6.07) is 8.43. The first-order chi connectivity index (χ1) is 5.55. The number of hydrogen-bond donors (Lipinski definition) is 0. The summed E-state index contributed by atoms with van der Waals surface area (Å²) in [5, 5.41) is 0.425. The van der Waals surface area contributed by atoms with Crippen LogP contribution in [0.25, 0.3) is 0 Å². The van der Waals surface area contributed by atoms with Gasteiger partial charge < -0.3 is 0 Å². The first kappa shape index (κ1) is 9.26. The van der Waals surface area contributed by atoms with E-state index in [1.54, 1.807) is 44.2 Å². The van der Waals surface area contributed by atoms with Crippen molar-refractivity contribution in [1.29, 1.82) is 0 Å². The molecule has 0 spiro atoms. The summed E-state index contributed by atoms with van der Waals surface area (Å²) < 4.78 is 23.0. The minimum absolute atomic E-state index is 0.366. The lowest BCUT2D eigenvalue weighted by molar-refractivity contribution is 0.597. The average Bonchev–Trinajstić information content (AvgIpc) is 2.06. The Balaban J connectivity index is 3.17. The zero-order chi connectivity index (χ0) is 9.19. The standard InChI is InChI=1S/C9H11O2S/c1-8(2)12(10,11)9-6-4-3-5-7-9/h3-7H,1-2H3. The normalized spacial score (nSPS) is 11.9. The minimum Gasteiger partial charge on any atom is -0.223 e. The first-order valence-electron chi connectivity index (χ1n) is 3.65. The molecular formula is C9H11O2S. The summed E-state index contributed by atoms with van der Waals surface area (Å²) in [4.78, 5) is 0.366. The zero-order valence-electron chi connectivity index (χ0n) is 7.11. The maximum Gasteiger partial charge on any atom is 0.185 e. The van der Waals surface area contributed by atoms with Crippen molar-refractivity contribution in [3.8, 4) is 0 Å². The molecule has 0 aliphatic carbocycles. The van der Waals surface area contributed by atoms with Gasteiger partial charge in [0.25, 0.3) is 0 Å². The highest BCUT2D eigenvalue weighted by atomic mass is 32.2. The van der Waals surface area contributed by atoms with Crippen LogP contribution in [0.2, 0.25) is 0 Å². The number of sulfone groups is 1. The van der Waals surface area contributed by atoms with Gasteiger partial charge in [0.05, 0.1) is 10.1 Å². The molecule has 0 fully saturated rings. The van der Waals surface area contributed by atoms with Crippen LogP contribution >= 0.6 is 0 Å².